The highest BCUT2D eigenvalue weighted by Gasteiger charge is 2.50. The summed E-state index contributed by atoms with van der Waals surface area (Å²) in [4.78, 5) is 38.6. The summed E-state index contributed by atoms with van der Waals surface area (Å²) in [7, 11) is -4.67. The molecule has 0 bridgehead atoms. The number of sulfonamides is 1. The standard InChI is InChI=1S/C53H63N7O8S/c1-32(2)39-7-4-5-8-40(39)45-9-6-20-59(45)36-27-53(28-36)18-21-58(22-19-53)35-12-13-41(47(23-35)68-37-24-42-43(33-10-11-33)30-55-50(42)54-29-37)51(61)57-69(65,66)38-25-46(60(63)64)49-48(26-38)67-31-44(56-49)34-14-16-52(3,62)17-15-34/h4-5,7-8,12-13,23-26,29-30,32-34,36,44-45,56,62H,6,9-11,14-22,27-28,31H2,1-3H3,(H,54,55)(H,57,61)/t34-,44-,45-,52-/m1/s1. The van der Waals surface area contributed by atoms with Crippen LogP contribution < -0.4 is 24.4 Å². The second-order valence-electron chi connectivity index (χ2n) is 21.5. The number of amides is 1. The van der Waals surface area contributed by atoms with E-state index in [9.17, 15) is 28.4 Å². The Labute approximate surface area is 403 Å². The highest BCUT2D eigenvalue weighted by Crippen LogP contribution is 2.55. The average molecular weight is 958 g/mol. The first-order chi connectivity index (χ1) is 33.1. The number of nitro benzene ring substituents is 1. The van der Waals surface area contributed by atoms with Gasteiger partial charge in [0.05, 0.1) is 33.2 Å². The molecular formula is C53H63N7O8S. The summed E-state index contributed by atoms with van der Waals surface area (Å²) < 4.78 is 42.9. The summed E-state index contributed by atoms with van der Waals surface area (Å²) in [5.41, 5.74) is 4.86. The molecule has 2 aromatic heterocycles. The molecular weight excluding hydrogens is 895 g/mol. The molecule has 11 rings (SSSR count). The van der Waals surface area contributed by atoms with E-state index >= 15 is 0 Å². The maximum Gasteiger partial charge on any atom is 0.297 e. The Kier molecular flexibility index (Phi) is 11.7. The Balaban J connectivity index is 0.821. The largest absolute Gasteiger partial charge is 0.489 e. The minimum Gasteiger partial charge on any atom is -0.489 e. The zero-order valence-corrected chi connectivity index (χ0v) is 40.5. The lowest BCUT2D eigenvalue weighted by atomic mass is 9.59. The van der Waals surface area contributed by atoms with E-state index in [0.717, 1.165) is 80.9 Å². The second kappa shape index (κ2) is 17.6. The smallest absolute Gasteiger partial charge is 0.297 e. The molecule has 3 aromatic carbocycles. The predicted octanol–water partition coefficient (Wildman–Crippen LogP) is 10.1. The molecule has 6 aliphatic rings. The van der Waals surface area contributed by atoms with Crippen molar-refractivity contribution < 1.29 is 32.7 Å². The molecule has 3 saturated carbocycles. The van der Waals surface area contributed by atoms with Crippen molar-refractivity contribution in [2.45, 2.75) is 138 Å². The number of hydrogen-bond acceptors (Lipinski definition) is 12. The molecule has 0 radical (unpaired) electrons. The van der Waals surface area contributed by atoms with Crippen molar-refractivity contribution in [3.63, 3.8) is 0 Å². The van der Waals surface area contributed by atoms with Gasteiger partial charge in [-0.1, -0.05) is 38.1 Å². The molecule has 69 heavy (non-hydrogen) atoms. The predicted molar refractivity (Wildman–Crippen MR) is 264 cm³/mol. The number of H-pyrrole nitrogens is 1. The third-order valence-corrected chi connectivity index (χ3v) is 17.8. The summed E-state index contributed by atoms with van der Waals surface area (Å²) in [6, 6.07) is 19.1. The van der Waals surface area contributed by atoms with E-state index < -0.39 is 37.0 Å². The fraction of sp³-hybridized carbons (Fsp3) is 0.509. The van der Waals surface area contributed by atoms with Gasteiger partial charge < -0.3 is 29.8 Å². The quantitative estimate of drug-likeness (QED) is 0.0685. The number of rotatable bonds is 12. The van der Waals surface area contributed by atoms with Crippen LogP contribution in [0.1, 0.15) is 143 Å². The molecule has 3 aliphatic heterocycles. The van der Waals surface area contributed by atoms with Crippen LogP contribution in [0.5, 0.6) is 17.2 Å². The molecule has 2 saturated heterocycles. The second-order valence-corrected chi connectivity index (χ2v) is 23.2. The molecule has 15 nitrogen and oxygen atoms in total. The summed E-state index contributed by atoms with van der Waals surface area (Å²) in [5.74, 6) is 0.677. The van der Waals surface area contributed by atoms with Crippen LogP contribution in [0.2, 0.25) is 0 Å². The molecule has 364 valence electrons. The minimum absolute atomic E-state index is 0.0102. The molecule has 1 spiro atoms. The highest BCUT2D eigenvalue weighted by molar-refractivity contribution is 7.90. The molecule has 5 fully saturated rings. The first kappa shape index (κ1) is 45.7. The normalized spacial score (nSPS) is 24.9. The third-order valence-electron chi connectivity index (χ3n) is 16.5. The molecule has 16 heteroatoms. The molecule has 2 atom stereocenters. The fourth-order valence-corrected chi connectivity index (χ4v) is 13.3. The number of aliphatic hydroxyl groups is 1. The average Bonchev–Trinajstić information content (AvgIpc) is 3.89. The van der Waals surface area contributed by atoms with E-state index in [-0.39, 0.29) is 41.3 Å². The van der Waals surface area contributed by atoms with Gasteiger partial charge in [0.1, 0.15) is 23.8 Å². The van der Waals surface area contributed by atoms with Gasteiger partial charge in [-0.25, -0.2) is 18.1 Å². The van der Waals surface area contributed by atoms with Crippen molar-refractivity contribution in [1.82, 2.24) is 19.6 Å². The number of piperidine rings is 1. The summed E-state index contributed by atoms with van der Waals surface area (Å²) in [5, 5.41) is 27.1. The number of carbonyl (C=O) groups excluding carboxylic acids is 1. The van der Waals surface area contributed by atoms with Crippen molar-refractivity contribution in [3.8, 4) is 17.2 Å². The maximum atomic E-state index is 14.3. The number of nitrogens with zero attached hydrogens (tertiary/aromatic N) is 4. The number of nitrogens with one attached hydrogen (secondary N) is 3. The zero-order valence-electron chi connectivity index (χ0n) is 39.7. The molecule has 4 N–H and O–H groups in total. The van der Waals surface area contributed by atoms with Crippen LogP contribution in [-0.4, -0.2) is 83.1 Å². The van der Waals surface area contributed by atoms with Gasteiger partial charge in [-0.15, -0.1) is 0 Å². The summed E-state index contributed by atoms with van der Waals surface area (Å²) in [6.45, 7) is 9.38. The van der Waals surface area contributed by atoms with E-state index in [2.05, 4.69) is 67.9 Å². The Bertz CT molecular complexity index is 2910. The molecule has 0 unspecified atom stereocenters. The van der Waals surface area contributed by atoms with Gasteiger partial charge in [-0.05, 0) is 149 Å². The number of hydrogen-bond donors (Lipinski definition) is 4. The minimum atomic E-state index is -4.67. The van der Waals surface area contributed by atoms with Gasteiger partial charge in [0.2, 0.25) is 0 Å². The Morgan fingerprint density at radius 2 is 1.75 bits per heavy atom. The number of anilines is 2. The summed E-state index contributed by atoms with van der Waals surface area (Å²) >= 11 is 0. The highest BCUT2D eigenvalue weighted by atomic mass is 32.2. The Hall–Kier alpha value is -5.71. The van der Waals surface area contributed by atoms with Crippen LogP contribution >= 0.6 is 0 Å². The van der Waals surface area contributed by atoms with E-state index in [1.165, 1.54) is 48.4 Å². The number of fused-ring (bicyclic) bond motifs is 2. The number of carbonyl (C=O) groups is 1. The number of nitro groups is 1. The van der Waals surface area contributed by atoms with Crippen LogP contribution in [0.15, 0.2) is 78.0 Å². The van der Waals surface area contributed by atoms with Crippen LogP contribution in [0, 0.1) is 21.4 Å². The van der Waals surface area contributed by atoms with E-state index in [1.807, 2.05) is 25.3 Å². The summed E-state index contributed by atoms with van der Waals surface area (Å²) in [6.07, 6.45) is 15.4. The van der Waals surface area contributed by atoms with Crippen LogP contribution in [0.4, 0.5) is 17.1 Å². The lowest BCUT2D eigenvalue weighted by Gasteiger charge is -2.56. The topological polar surface area (TPSA) is 192 Å². The van der Waals surface area contributed by atoms with Crippen molar-refractivity contribution in [2.24, 2.45) is 11.3 Å². The van der Waals surface area contributed by atoms with Crippen molar-refractivity contribution in [3.05, 3.63) is 105 Å². The lowest BCUT2D eigenvalue weighted by Crippen LogP contribution is -2.54. The molecule has 3 aliphatic carbocycles. The first-order valence-electron chi connectivity index (χ1n) is 25.0. The number of benzene rings is 3. The van der Waals surface area contributed by atoms with E-state index in [4.69, 9.17) is 9.47 Å². The zero-order chi connectivity index (χ0) is 47.8. The number of pyridine rings is 1. The van der Waals surface area contributed by atoms with Crippen LogP contribution in [0.3, 0.4) is 0 Å². The third kappa shape index (κ3) is 8.92. The van der Waals surface area contributed by atoms with Gasteiger partial charge >= 0.3 is 0 Å². The van der Waals surface area contributed by atoms with Gasteiger partial charge in [0.15, 0.2) is 11.4 Å². The van der Waals surface area contributed by atoms with Gasteiger partial charge in [-0.2, -0.15) is 0 Å². The Morgan fingerprint density at radius 1 is 0.986 bits per heavy atom. The number of likely N-dealkylation sites (tertiary alicyclic amines) is 1. The van der Waals surface area contributed by atoms with Crippen LogP contribution in [0.25, 0.3) is 11.0 Å². The number of aromatic nitrogens is 2. The van der Waals surface area contributed by atoms with E-state index in [1.54, 1.807) is 18.3 Å². The monoisotopic (exact) mass is 957 g/mol. The van der Waals surface area contributed by atoms with Crippen molar-refractivity contribution in [1.29, 1.82) is 0 Å². The molecule has 5 aromatic rings. The number of aromatic amines is 1. The van der Waals surface area contributed by atoms with Gasteiger partial charge in [0.25, 0.3) is 21.6 Å². The van der Waals surface area contributed by atoms with E-state index in [0.29, 0.717) is 47.9 Å². The number of ether oxygens (including phenoxy) is 2. The fourth-order valence-electron chi connectivity index (χ4n) is 12.3. The van der Waals surface area contributed by atoms with Gasteiger partial charge in [-0.3, -0.25) is 19.8 Å². The van der Waals surface area contributed by atoms with Crippen molar-refractivity contribution >= 4 is 44.0 Å². The molecule has 1 amide bonds. The Morgan fingerprint density at radius 3 is 2.49 bits per heavy atom. The molecule has 5 heterocycles. The first-order valence-corrected chi connectivity index (χ1v) is 26.5. The van der Waals surface area contributed by atoms with Gasteiger partial charge in [0, 0.05) is 60.6 Å². The SMILES string of the molecule is CC(C)c1ccccc1[C@H]1CCCN1C1CC2(CCN(c3ccc(C(=O)NS(=O)(=O)c4cc5c(c([N+](=O)[O-])c4)N[C@@H]([C@H]4CC[C@](C)(O)CC4)CO5)c(Oc4cnc5[nH]cc(C6CC6)c5c4)c3)CC2)C1. The van der Waals surface area contributed by atoms with Crippen LogP contribution in [-0.2, 0) is 10.0 Å². The van der Waals surface area contributed by atoms with Crippen molar-refractivity contribution in [2.75, 3.05) is 36.5 Å². The maximum absolute atomic E-state index is 14.3. The lowest BCUT2D eigenvalue weighted by molar-refractivity contribution is -0.384.